The molecule has 2 N–H and O–H groups in total. The molecule has 146 valence electrons. The minimum Gasteiger partial charge on any atom is -0.493 e. The fourth-order valence-corrected chi connectivity index (χ4v) is 3.89. The first kappa shape index (κ1) is 18.5. The number of unbranched alkanes of at least 4 members (excludes halogenated alkanes) is 2. The van der Waals surface area contributed by atoms with Crippen molar-refractivity contribution in [1.82, 2.24) is 15.3 Å². The highest BCUT2D eigenvalue weighted by Gasteiger charge is 2.25. The number of aromatic nitrogens is 2. The van der Waals surface area contributed by atoms with Gasteiger partial charge in [-0.15, -0.1) is 0 Å². The van der Waals surface area contributed by atoms with Gasteiger partial charge in [-0.3, -0.25) is 4.79 Å². The van der Waals surface area contributed by atoms with E-state index in [0.29, 0.717) is 6.61 Å². The molecule has 0 radical (unpaired) electrons. The number of H-pyrrole nitrogens is 1. The Bertz CT molecular complexity index is 929. The Hall–Kier alpha value is -2.82. The maximum atomic E-state index is 12.4. The SMILES string of the molecule is O=C(NCCCCCOc1cccc2ccccc12)C1CCc2nc[nH]c2C1. The van der Waals surface area contributed by atoms with E-state index in [4.69, 9.17) is 4.74 Å². The standard InChI is InChI=1S/C23H27N3O2/c27-23(18-11-12-20-21(15-18)26-16-25-20)24-13-4-1-5-14-28-22-10-6-8-17-7-2-3-9-19(17)22/h2-3,6-10,16,18H,1,4-5,11-15H2,(H,24,27)(H,25,26). The molecular weight excluding hydrogens is 350 g/mol. The Kier molecular flexibility index (Phi) is 5.90. The topological polar surface area (TPSA) is 67.0 Å². The highest BCUT2D eigenvalue weighted by Crippen LogP contribution is 2.25. The number of benzene rings is 2. The second-order valence-corrected chi connectivity index (χ2v) is 7.44. The molecule has 5 nitrogen and oxygen atoms in total. The second kappa shape index (κ2) is 8.91. The highest BCUT2D eigenvalue weighted by molar-refractivity contribution is 5.88. The van der Waals surface area contributed by atoms with E-state index in [1.807, 2.05) is 24.3 Å². The van der Waals surface area contributed by atoms with Gasteiger partial charge in [0.2, 0.25) is 5.91 Å². The lowest BCUT2D eigenvalue weighted by Crippen LogP contribution is -2.34. The Labute approximate surface area is 165 Å². The van der Waals surface area contributed by atoms with Crippen LogP contribution >= 0.6 is 0 Å². The predicted octanol–water partition coefficient (Wildman–Crippen LogP) is 4.03. The molecule has 1 aliphatic carbocycles. The summed E-state index contributed by atoms with van der Waals surface area (Å²) in [4.78, 5) is 19.8. The maximum absolute atomic E-state index is 12.4. The fraction of sp³-hybridized carbons (Fsp3) is 0.391. The van der Waals surface area contributed by atoms with Crippen LogP contribution in [0, 0.1) is 5.92 Å². The Balaban J connectivity index is 1.13. The van der Waals surface area contributed by atoms with Crippen molar-refractivity contribution in [2.24, 2.45) is 5.92 Å². The molecule has 1 aliphatic rings. The molecular formula is C23H27N3O2. The van der Waals surface area contributed by atoms with Crippen LogP contribution in [0.5, 0.6) is 5.75 Å². The number of nitrogens with one attached hydrogen (secondary N) is 2. The number of carbonyl (C=O) groups excluding carboxylic acids is 1. The van der Waals surface area contributed by atoms with E-state index in [1.165, 1.54) is 5.39 Å². The third-order valence-electron chi connectivity index (χ3n) is 5.49. The minimum absolute atomic E-state index is 0.0719. The van der Waals surface area contributed by atoms with Crippen LogP contribution in [0.1, 0.15) is 37.1 Å². The van der Waals surface area contributed by atoms with Crippen molar-refractivity contribution in [3.05, 3.63) is 60.2 Å². The summed E-state index contributed by atoms with van der Waals surface area (Å²) in [7, 11) is 0. The normalized spacial score (nSPS) is 15.9. The molecule has 5 heteroatoms. The number of aromatic amines is 1. The maximum Gasteiger partial charge on any atom is 0.223 e. The highest BCUT2D eigenvalue weighted by atomic mass is 16.5. The molecule has 3 aromatic rings. The van der Waals surface area contributed by atoms with Gasteiger partial charge in [-0.05, 0) is 43.6 Å². The van der Waals surface area contributed by atoms with Gasteiger partial charge in [-0.25, -0.2) is 4.98 Å². The molecule has 1 heterocycles. The first-order valence-electron chi connectivity index (χ1n) is 10.2. The van der Waals surface area contributed by atoms with E-state index in [1.54, 1.807) is 6.33 Å². The van der Waals surface area contributed by atoms with Crippen LogP contribution in [0.4, 0.5) is 0 Å². The summed E-state index contributed by atoms with van der Waals surface area (Å²) in [5, 5.41) is 5.45. The van der Waals surface area contributed by atoms with Gasteiger partial charge in [0, 0.05) is 30.0 Å². The quantitative estimate of drug-likeness (QED) is 0.582. The summed E-state index contributed by atoms with van der Waals surface area (Å²) < 4.78 is 5.97. The molecule has 1 unspecified atom stereocenters. The number of nitrogens with zero attached hydrogens (tertiary/aromatic N) is 1. The zero-order valence-electron chi connectivity index (χ0n) is 16.1. The first-order valence-corrected chi connectivity index (χ1v) is 10.2. The summed E-state index contributed by atoms with van der Waals surface area (Å²) in [5.74, 6) is 1.19. The summed E-state index contributed by atoms with van der Waals surface area (Å²) in [6.45, 7) is 1.44. The zero-order valence-corrected chi connectivity index (χ0v) is 16.1. The van der Waals surface area contributed by atoms with Gasteiger partial charge in [0.25, 0.3) is 0 Å². The minimum atomic E-state index is 0.0719. The van der Waals surface area contributed by atoms with Crippen molar-refractivity contribution in [2.45, 2.75) is 38.5 Å². The number of ether oxygens (including phenoxy) is 1. The van der Waals surface area contributed by atoms with E-state index in [-0.39, 0.29) is 11.8 Å². The molecule has 0 spiro atoms. The van der Waals surface area contributed by atoms with Gasteiger partial charge >= 0.3 is 0 Å². The molecule has 1 aromatic heterocycles. The lowest BCUT2D eigenvalue weighted by molar-refractivity contribution is -0.125. The molecule has 0 fully saturated rings. The van der Waals surface area contributed by atoms with Gasteiger partial charge < -0.3 is 15.0 Å². The third-order valence-corrected chi connectivity index (χ3v) is 5.49. The molecule has 1 atom stereocenters. The molecule has 0 saturated heterocycles. The summed E-state index contributed by atoms with van der Waals surface area (Å²) in [5.41, 5.74) is 2.24. The van der Waals surface area contributed by atoms with E-state index < -0.39 is 0 Å². The number of hydrogen-bond acceptors (Lipinski definition) is 3. The second-order valence-electron chi connectivity index (χ2n) is 7.44. The summed E-state index contributed by atoms with van der Waals surface area (Å²) in [6.07, 6.45) is 7.30. The van der Waals surface area contributed by atoms with Crippen LogP contribution in [-0.4, -0.2) is 29.0 Å². The van der Waals surface area contributed by atoms with Crippen LogP contribution in [0.25, 0.3) is 10.8 Å². The average Bonchev–Trinajstić information content (AvgIpc) is 3.21. The van der Waals surface area contributed by atoms with E-state index in [9.17, 15) is 4.79 Å². The largest absolute Gasteiger partial charge is 0.493 e. The summed E-state index contributed by atoms with van der Waals surface area (Å²) >= 11 is 0. The Morgan fingerprint density at radius 3 is 3.00 bits per heavy atom. The molecule has 1 amide bonds. The van der Waals surface area contributed by atoms with Crippen molar-refractivity contribution in [3.8, 4) is 5.75 Å². The number of imidazole rings is 1. The van der Waals surface area contributed by atoms with Gasteiger partial charge in [-0.2, -0.15) is 0 Å². The van der Waals surface area contributed by atoms with Crippen molar-refractivity contribution in [1.29, 1.82) is 0 Å². The Morgan fingerprint density at radius 2 is 2.04 bits per heavy atom. The van der Waals surface area contributed by atoms with Crippen LogP contribution < -0.4 is 10.1 Å². The van der Waals surface area contributed by atoms with Crippen LogP contribution in [0.15, 0.2) is 48.8 Å². The Morgan fingerprint density at radius 1 is 1.14 bits per heavy atom. The van der Waals surface area contributed by atoms with Crippen molar-refractivity contribution < 1.29 is 9.53 Å². The van der Waals surface area contributed by atoms with Crippen LogP contribution in [0.3, 0.4) is 0 Å². The first-order chi connectivity index (χ1) is 13.8. The van der Waals surface area contributed by atoms with Crippen molar-refractivity contribution >= 4 is 16.7 Å². The van der Waals surface area contributed by atoms with E-state index in [2.05, 4.69) is 33.5 Å². The molecule has 4 rings (SSSR count). The molecule has 2 aromatic carbocycles. The van der Waals surface area contributed by atoms with Gasteiger partial charge in [0.1, 0.15) is 5.75 Å². The lowest BCUT2D eigenvalue weighted by atomic mass is 9.89. The predicted molar refractivity (Wildman–Crippen MR) is 110 cm³/mol. The van der Waals surface area contributed by atoms with Gasteiger partial charge in [0.15, 0.2) is 0 Å². The van der Waals surface area contributed by atoms with E-state index in [0.717, 1.165) is 67.6 Å². The summed E-state index contributed by atoms with van der Waals surface area (Å²) in [6, 6.07) is 14.4. The van der Waals surface area contributed by atoms with Crippen molar-refractivity contribution in [3.63, 3.8) is 0 Å². The molecule has 0 saturated carbocycles. The van der Waals surface area contributed by atoms with Gasteiger partial charge in [-0.1, -0.05) is 36.4 Å². The van der Waals surface area contributed by atoms with Crippen molar-refractivity contribution in [2.75, 3.05) is 13.2 Å². The molecule has 0 aliphatic heterocycles. The molecule has 0 bridgehead atoms. The lowest BCUT2D eigenvalue weighted by Gasteiger charge is -2.20. The molecule has 28 heavy (non-hydrogen) atoms. The average molecular weight is 377 g/mol. The number of carbonyl (C=O) groups is 1. The van der Waals surface area contributed by atoms with Crippen LogP contribution in [-0.2, 0) is 17.6 Å². The number of aryl methyl sites for hydroxylation is 1. The number of fused-ring (bicyclic) bond motifs is 2. The van der Waals surface area contributed by atoms with Crippen LogP contribution in [0.2, 0.25) is 0 Å². The van der Waals surface area contributed by atoms with E-state index >= 15 is 0 Å². The van der Waals surface area contributed by atoms with Gasteiger partial charge in [0.05, 0.1) is 18.6 Å². The fourth-order valence-electron chi connectivity index (χ4n) is 3.89. The number of amides is 1. The zero-order chi connectivity index (χ0) is 19.2. The number of hydrogen-bond donors (Lipinski definition) is 2. The smallest absolute Gasteiger partial charge is 0.223 e. The monoisotopic (exact) mass is 377 g/mol. The third kappa shape index (κ3) is 4.35. The number of rotatable bonds is 8.